The third kappa shape index (κ3) is 4.42. The smallest absolute Gasteiger partial charge is 0.311 e. The fourth-order valence-electron chi connectivity index (χ4n) is 5.74. The van der Waals surface area contributed by atoms with E-state index < -0.39 is 0 Å². The van der Waals surface area contributed by atoms with Crippen LogP contribution < -0.4 is 4.74 Å². The lowest BCUT2D eigenvalue weighted by Gasteiger charge is -2.32. The Balaban J connectivity index is 1.44. The molecule has 0 bridgehead atoms. The number of aromatic nitrogens is 1. The largest absolute Gasteiger partial charge is 0.427 e. The van der Waals surface area contributed by atoms with Crippen molar-refractivity contribution in [1.29, 1.82) is 0 Å². The van der Waals surface area contributed by atoms with Gasteiger partial charge < -0.3 is 4.74 Å². The van der Waals surface area contributed by atoms with Crippen LogP contribution in [0.2, 0.25) is 0 Å². The van der Waals surface area contributed by atoms with E-state index >= 15 is 0 Å². The molecule has 0 N–H and O–H groups in total. The zero-order valence-corrected chi connectivity index (χ0v) is 21.0. The molecule has 3 nitrogen and oxygen atoms in total. The van der Waals surface area contributed by atoms with E-state index in [2.05, 4.69) is 79.7 Å². The maximum absolute atomic E-state index is 13.1. The van der Waals surface area contributed by atoms with Crippen LogP contribution in [0.25, 0.3) is 22.2 Å². The molecule has 1 unspecified atom stereocenters. The number of carbonyl (C=O) groups is 1. The van der Waals surface area contributed by atoms with Gasteiger partial charge in [0, 0.05) is 22.8 Å². The molecular formula is C34H29NO2. The summed E-state index contributed by atoms with van der Waals surface area (Å²) >= 11 is 0. The highest BCUT2D eigenvalue weighted by Crippen LogP contribution is 2.54. The number of ether oxygens (including phenoxy) is 1. The zero-order valence-electron chi connectivity index (χ0n) is 21.0. The summed E-state index contributed by atoms with van der Waals surface area (Å²) < 4.78 is 5.70. The maximum Gasteiger partial charge on any atom is 0.311 e. The number of hydrogen-bond acceptors (Lipinski definition) is 3. The van der Waals surface area contributed by atoms with Crippen molar-refractivity contribution in [2.24, 2.45) is 0 Å². The molecule has 0 aliphatic heterocycles. The summed E-state index contributed by atoms with van der Waals surface area (Å²) in [5.74, 6) is 0.378. The van der Waals surface area contributed by atoms with Crippen LogP contribution in [-0.2, 0) is 16.6 Å². The molecule has 0 amide bonds. The number of esters is 1. The van der Waals surface area contributed by atoms with Gasteiger partial charge in [-0.2, -0.15) is 0 Å². The third-order valence-electron chi connectivity index (χ3n) is 7.60. The van der Waals surface area contributed by atoms with Crippen LogP contribution in [0.1, 0.15) is 41.5 Å². The van der Waals surface area contributed by atoms with Crippen molar-refractivity contribution in [3.63, 3.8) is 0 Å². The molecule has 1 aliphatic carbocycles. The molecule has 0 saturated carbocycles. The number of fused-ring (bicyclic) bond motifs is 4. The van der Waals surface area contributed by atoms with Gasteiger partial charge in [-0.15, -0.1) is 0 Å². The van der Waals surface area contributed by atoms with E-state index in [1.54, 1.807) is 0 Å². The minimum absolute atomic E-state index is 0.207. The molecule has 1 heterocycles. The van der Waals surface area contributed by atoms with Crippen molar-refractivity contribution in [2.75, 3.05) is 0 Å². The number of rotatable bonds is 7. The van der Waals surface area contributed by atoms with Gasteiger partial charge in [-0.1, -0.05) is 90.5 Å². The predicted molar refractivity (Wildman–Crippen MR) is 149 cm³/mol. The van der Waals surface area contributed by atoms with Crippen LogP contribution >= 0.6 is 0 Å². The topological polar surface area (TPSA) is 39.2 Å². The third-order valence-corrected chi connectivity index (χ3v) is 7.60. The molecule has 6 rings (SSSR count). The highest BCUT2D eigenvalue weighted by atomic mass is 16.5. The Kier molecular flexibility index (Phi) is 6.05. The fourth-order valence-corrected chi connectivity index (χ4v) is 5.74. The van der Waals surface area contributed by atoms with Gasteiger partial charge in [0.2, 0.25) is 0 Å². The van der Waals surface area contributed by atoms with Gasteiger partial charge in [-0.05, 0) is 67.1 Å². The van der Waals surface area contributed by atoms with E-state index in [1.165, 1.54) is 27.8 Å². The summed E-state index contributed by atoms with van der Waals surface area (Å²) in [4.78, 5) is 18.2. The first-order valence-corrected chi connectivity index (χ1v) is 12.9. The van der Waals surface area contributed by atoms with Gasteiger partial charge in [0.15, 0.2) is 0 Å². The second-order valence-electron chi connectivity index (χ2n) is 9.98. The van der Waals surface area contributed by atoms with Crippen molar-refractivity contribution >= 4 is 16.9 Å². The van der Waals surface area contributed by atoms with Crippen molar-refractivity contribution in [3.05, 3.63) is 131 Å². The highest BCUT2D eigenvalue weighted by molar-refractivity contribution is 5.88. The van der Waals surface area contributed by atoms with Crippen molar-refractivity contribution in [2.45, 2.75) is 38.0 Å². The van der Waals surface area contributed by atoms with Gasteiger partial charge in [0.25, 0.3) is 0 Å². The number of para-hydroxylation sites is 2. The molecular weight excluding hydrogens is 454 g/mol. The Bertz CT molecular complexity index is 1580. The molecule has 37 heavy (non-hydrogen) atoms. The molecule has 3 heteroatoms. The van der Waals surface area contributed by atoms with Gasteiger partial charge in [0.1, 0.15) is 5.75 Å². The lowest BCUT2D eigenvalue weighted by Crippen LogP contribution is -2.28. The van der Waals surface area contributed by atoms with Crippen LogP contribution in [0, 0.1) is 6.92 Å². The summed E-state index contributed by atoms with van der Waals surface area (Å²) in [6, 6.07) is 37.2. The van der Waals surface area contributed by atoms with E-state index in [-0.39, 0.29) is 11.4 Å². The molecule has 1 atom stereocenters. The normalized spacial score (nSPS) is 15.8. The van der Waals surface area contributed by atoms with Crippen LogP contribution in [0.5, 0.6) is 5.75 Å². The Morgan fingerprint density at radius 1 is 0.784 bits per heavy atom. The predicted octanol–water partition coefficient (Wildman–Crippen LogP) is 7.83. The molecule has 5 aromatic rings. The summed E-state index contributed by atoms with van der Waals surface area (Å²) in [7, 11) is 0. The standard InChI is InChI=1S/C34H29NO2/c1-24-16-17-28-29(22-24)34(20-18-25-10-4-2-5-11-25,21-19-32(36)37-27-13-6-3-7-14-27)30-23-26-12-8-9-15-31(26)35-33(28)30/h2-17,22-23H,18-21H2,1H3. The monoisotopic (exact) mass is 483 g/mol. The van der Waals surface area contributed by atoms with E-state index in [1.807, 2.05) is 36.4 Å². The second-order valence-corrected chi connectivity index (χ2v) is 9.98. The summed E-state index contributed by atoms with van der Waals surface area (Å²) in [5, 5.41) is 1.13. The molecule has 1 aliphatic rings. The summed E-state index contributed by atoms with van der Waals surface area (Å²) in [6.07, 6.45) is 2.78. The minimum atomic E-state index is -0.334. The average molecular weight is 484 g/mol. The number of nitrogens with zero attached hydrogens (tertiary/aromatic N) is 1. The first kappa shape index (κ1) is 23.2. The van der Waals surface area contributed by atoms with Gasteiger partial charge >= 0.3 is 5.97 Å². The lowest BCUT2D eigenvalue weighted by molar-refractivity contribution is -0.134. The van der Waals surface area contributed by atoms with E-state index in [0.29, 0.717) is 18.6 Å². The Labute approximate surface area is 217 Å². The van der Waals surface area contributed by atoms with Crippen molar-refractivity contribution < 1.29 is 9.53 Å². The number of benzene rings is 4. The van der Waals surface area contributed by atoms with Crippen LogP contribution in [0.3, 0.4) is 0 Å². The van der Waals surface area contributed by atoms with E-state index in [4.69, 9.17) is 9.72 Å². The number of carbonyl (C=O) groups excluding carboxylic acids is 1. The Morgan fingerprint density at radius 3 is 2.32 bits per heavy atom. The van der Waals surface area contributed by atoms with Crippen molar-refractivity contribution in [1.82, 2.24) is 4.98 Å². The van der Waals surface area contributed by atoms with Crippen LogP contribution in [0.4, 0.5) is 0 Å². The quantitative estimate of drug-likeness (QED) is 0.175. The minimum Gasteiger partial charge on any atom is -0.427 e. The van der Waals surface area contributed by atoms with Gasteiger partial charge in [-0.25, -0.2) is 4.98 Å². The van der Waals surface area contributed by atoms with E-state index in [9.17, 15) is 4.79 Å². The average Bonchev–Trinajstić information content (AvgIpc) is 3.19. The summed E-state index contributed by atoms with van der Waals surface area (Å²) in [5.41, 5.74) is 7.88. The Morgan fingerprint density at radius 2 is 1.51 bits per heavy atom. The van der Waals surface area contributed by atoms with Gasteiger partial charge in [0.05, 0.1) is 11.2 Å². The second kappa shape index (κ2) is 9.67. The fraction of sp³-hybridized carbons (Fsp3) is 0.176. The molecule has 1 aromatic heterocycles. The van der Waals surface area contributed by atoms with Crippen LogP contribution in [0.15, 0.2) is 109 Å². The maximum atomic E-state index is 13.1. The highest BCUT2D eigenvalue weighted by Gasteiger charge is 2.44. The first-order chi connectivity index (χ1) is 18.1. The molecule has 0 saturated heterocycles. The molecule has 182 valence electrons. The van der Waals surface area contributed by atoms with Gasteiger partial charge in [-0.3, -0.25) is 4.79 Å². The number of hydrogen-bond donors (Lipinski definition) is 0. The molecule has 4 aromatic carbocycles. The van der Waals surface area contributed by atoms with Crippen LogP contribution in [-0.4, -0.2) is 11.0 Å². The molecule has 0 fully saturated rings. The van der Waals surface area contributed by atoms with E-state index in [0.717, 1.165) is 29.4 Å². The number of pyridine rings is 1. The first-order valence-electron chi connectivity index (χ1n) is 12.9. The molecule has 0 spiro atoms. The molecule has 0 radical (unpaired) electrons. The van der Waals surface area contributed by atoms with Crippen molar-refractivity contribution in [3.8, 4) is 17.0 Å². The zero-order chi connectivity index (χ0) is 25.2. The summed E-state index contributed by atoms with van der Waals surface area (Å²) in [6.45, 7) is 2.14. The Hall–Kier alpha value is -4.24. The lowest BCUT2D eigenvalue weighted by atomic mass is 9.70. The SMILES string of the molecule is Cc1ccc2c(c1)C(CCC(=O)Oc1ccccc1)(CCc1ccccc1)c1cc3ccccc3nc1-2. The number of aryl methyl sites for hydroxylation is 2.